The number of para-hydroxylation sites is 1. The van der Waals surface area contributed by atoms with Crippen molar-refractivity contribution < 1.29 is 4.74 Å². The van der Waals surface area contributed by atoms with Crippen LogP contribution in [0.25, 0.3) is 0 Å². The standard InChI is InChI=1S/C14H19ClO/c1-14(10-15,12-7-8-12)9-11-5-3-4-6-13(11)16-2/h3-6,12H,7-10H2,1-2H3. The fourth-order valence-electron chi connectivity index (χ4n) is 2.37. The van der Waals surface area contributed by atoms with Crippen molar-refractivity contribution in [3.8, 4) is 5.75 Å². The van der Waals surface area contributed by atoms with E-state index < -0.39 is 0 Å². The average molecular weight is 239 g/mol. The smallest absolute Gasteiger partial charge is 0.122 e. The van der Waals surface area contributed by atoms with Gasteiger partial charge in [0.2, 0.25) is 0 Å². The van der Waals surface area contributed by atoms with Gasteiger partial charge in [-0.25, -0.2) is 0 Å². The van der Waals surface area contributed by atoms with Crippen molar-refractivity contribution in [3.63, 3.8) is 0 Å². The largest absolute Gasteiger partial charge is 0.496 e. The summed E-state index contributed by atoms with van der Waals surface area (Å²) in [5, 5.41) is 0. The van der Waals surface area contributed by atoms with Crippen LogP contribution in [0.4, 0.5) is 0 Å². The maximum atomic E-state index is 6.15. The van der Waals surface area contributed by atoms with Gasteiger partial charge in [0.15, 0.2) is 0 Å². The third-order valence-electron chi connectivity index (χ3n) is 3.66. The van der Waals surface area contributed by atoms with Gasteiger partial charge in [-0.1, -0.05) is 25.1 Å². The van der Waals surface area contributed by atoms with Gasteiger partial charge < -0.3 is 4.74 Å². The topological polar surface area (TPSA) is 9.23 Å². The highest BCUT2D eigenvalue weighted by atomic mass is 35.5. The van der Waals surface area contributed by atoms with Gasteiger partial charge in [-0.05, 0) is 42.2 Å². The molecule has 1 aliphatic carbocycles. The Morgan fingerprint density at radius 2 is 2.06 bits per heavy atom. The van der Waals surface area contributed by atoms with Gasteiger partial charge in [-0.15, -0.1) is 11.6 Å². The Bertz CT molecular complexity index is 360. The van der Waals surface area contributed by atoms with Crippen molar-refractivity contribution in [3.05, 3.63) is 29.8 Å². The Labute approximate surface area is 103 Å². The lowest BCUT2D eigenvalue weighted by Gasteiger charge is -2.27. The molecule has 0 N–H and O–H groups in total. The first kappa shape index (κ1) is 11.8. The molecule has 0 heterocycles. The molecule has 1 atom stereocenters. The second-order valence-corrected chi connectivity index (χ2v) is 5.32. The molecule has 0 amide bonds. The molecule has 1 aliphatic rings. The van der Waals surface area contributed by atoms with E-state index in [-0.39, 0.29) is 5.41 Å². The first-order valence-electron chi connectivity index (χ1n) is 5.87. The van der Waals surface area contributed by atoms with Gasteiger partial charge >= 0.3 is 0 Å². The van der Waals surface area contributed by atoms with Crippen LogP contribution >= 0.6 is 11.6 Å². The molecule has 16 heavy (non-hydrogen) atoms. The molecule has 2 rings (SSSR count). The lowest BCUT2D eigenvalue weighted by atomic mass is 9.80. The first-order valence-corrected chi connectivity index (χ1v) is 6.41. The molecule has 88 valence electrons. The van der Waals surface area contributed by atoms with Crippen LogP contribution in [0.2, 0.25) is 0 Å². The van der Waals surface area contributed by atoms with E-state index in [1.54, 1.807) is 7.11 Å². The van der Waals surface area contributed by atoms with Crippen LogP contribution in [0, 0.1) is 11.3 Å². The van der Waals surface area contributed by atoms with Crippen LogP contribution in [-0.2, 0) is 6.42 Å². The Hall–Kier alpha value is -0.690. The highest BCUT2D eigenvalue weighted by molar-refractivity contribution is 6.18. The highest BCUT2D eigenvalue weighted by Crippen LogP contribution is 2.48. The van der Waals surface area contributed by atoms with Crippen LogP contribution in [0.1, 0.15) is 25.3 Å². The van der Waals surface area contributed by atoms with E-state index >= 15 is 0 Å². The first-order chi connectivity index (χ1) is 7.69. The Morgan fingerprint density at radius 3 is 2.62 bits per heavy atom. The van der Waals surface area contributed by atoms with E-state index in [2.05, 4.69) is 19.1 Å². The molecule has 0 radical (unpaired) electrons. The number of hydrogen-bond donors (Lipinski definition) is 0. The molecule has 1 fully saturated rings. The summed E-state index contributed by atoms with van der Waals surface area (Å²) in [6.07, 6.45) is 3.68. The molecule has 0 spiro atoms. The zero-order valence-corrected chi connectivity index (χ0v) is 10.8. The zero-order valence-electron chi connectivity index (χ0n) is 10.0. The highest BCUT2D eigenvalue weighted by Gasteiger charge is 2.41. The molecule has 1 nitrogen and oxygen atoms in total. The molecular weight excluding hydrogens is 220 g/mol. The molecule has 1 aromatic carbocycles. The van der Waals surface area contributed by atoms with Crippen LogP contribution in [-0.4, -0.2) is 13.0 Å². The van der Waals surface area contributed by atoms with Gasteiger partial charge in [0.1, 0.15) is 5.75 Å². The van der Waals surface area contributed by atoms with Crippen molar-refractivity contribution >= 4 is 11.6 Å². The Morgan fingerprint density at radius 1 is 1.38 bits per heavy atom. The van der Waals surface area contributed by atoms with Crippen LogP contribution in [0.15, 0.2) is 24.3 Å². The Balaban J connectivity index is 2.18. The summed E-state index contributed by atoms with van der Waals surface area (Å²) in [4.78, 5) is 0. The van der Waals surface area contributed by atoms with Crippen molar-refractivity contribution in [2.75, 3.05) is 13.0 Å². The van der Waals surface area contributed by atoms with E-state index in [1.165, 1.54) is 18.4 Å². The second kappa shape index (κ2) is 4.67. The number of rotatable bonds is 5. The maximum absolute atomic E-state index is 6.15. The molecule has 1 unspecified atom stereocenters. The minimum atomic E-state index is 0.232. The number of benzene rings is 1. The second-order valence-electron chi connectivity index (χ2n) is 5.05. The van der Waals surface area contributed by atoms with Gasteiger partial charge in [-0.3, -0.25) is 0 Å². The summed E-state index contributed by atoms with van der Waals surface area (Å²) in [6.45, 7) is 2.30. The minimum absolute atomic E-state index is 0.232. The molecule has 1 saturated carbocycles. The molecule has 0 aromatic heterocycles. The summed E-state index contributed by atoms with van der Waals surface area (Å²) >= 11 is 6.15. The lowest BCUT2D eigenvalue weighted by Crippen LogP contribution is -2.24. The minimum Gasteiger partial charge on any atom is -0.496 e. The summed E-state index contributed by atoms with van der Waals surface area (Å²) in [5.41, 5.74) is 1.51. The number of alkyl halides is 1. The molecule has 2 heteroatoms. The third-order valence-corrected chi connectivity index (χ3v) is 4.27. The monoisotopic (exact) mass is 238 g/mol. The summed E-state index contributed by atoms with van der Waals surface area (Å²) in [6, 6.07) is 8.25. The molecule has 1 aromatic rings. The van der Waals surface area contributed by atoms with E-state index in [0.717, 1.165) is 24.0 Å². The predicted molar refractivity (Wildman–Crippen MR) is 68.2 cm³/mol. The van der Waals surface area contributed by atoms with E-state index in [4.69, 9.17) is 16.3 Å². The summed E-state index contributed by atoms with van der Waals surface area (Å²) < 4.78 is 5.39. The lowest BCUT2D eigenvalue weighted by molar-refractivity contribution is 0.306. The average Bonchev–Trinajstić information content (AvgIpc) is 3.14. The van der Waals surface area contributed by atoms with Gasteiger partial charge in [0, 0.05) is 5.88 Å². The number of hydrogen-bond acceptors (Lipinski definition) is 1. The van der Waals surface area contributed by atoms with E-state index in [9.17, 15) is 0 Å². The Kier molecular flexibility index (Phi) is 3.44. The van der Waals surface area contributed by atoms with Crippen molar-refractivity contribution in [2.45, 2.75) is 26.2 Å². The fourth-order valence-corrected chi connectivity index (χ4v) is 2.68. The van der Waals surface area contributed by atoms with Crippen LogP contribution in [0.5, 0.6) is 5.75 Å². The molecule has 0 saturated heterocycles. The molecule has 0 aliphatic heterocycles. The summed E-state index contributed by atoms with van der Waals surface area (Å²) in [7, 11) is 1.73. The zero-order chi connectivity index (χ0) is 11.6. The van der Waals surface area contributed by atoms with E-state index in [1.807, 2.05) is 12.1 Å². The quantitative estimate of drug-likeness (QED) is 0.708. The van der Waals surface area contributed by atoms with Crippen LogP contribution < -0.4 is 4.74 Å². The normalized spacial score (nSPS) is 19.2. The number of halogens is 1. The SMILES string of the molecule is COc1ccccc1CC(C)(CCl)C1CC1. The van der Waals surface area contributed by atoms with Crippen molar-refractivity contribution in [1.82, 2.24) is 0 Å². The number of ether oxygens (including phenoxy) is 1. The molecular formula is C14H19ClO. The fraction of sp³-hybridized carbons (Fsp3) is 0.571. The van der Waals surface area contributed by atoms with Crippen molar-refractivity contribution in [2.24, 2.45) is 11.3 Å². The third kappa shape index (κ3) is 2.35. The van der Waals surface area contributed by atoms with E-state index in [0.29, 0.717) is 0 Å². The van der Waals surface area contributed by atoms with Crippen LogP contribution in [0.3, 0.4) is 0 Å². The maximum Gasteiger partial charge on any atom is 0.122 e. The van der Waals surface area contributed by atoms with Crippen molar-refractivity contribution in [1.29, 1.82) is 0 Å². The summed E-state index contributed by atoms with van der Waals surface area (Å²) in [5.74, 6) is 2.52. The van der Waals surface area contributed by atoms with Gasteiger partial charge in [0.05, 0.1) is 7.11 Å². The molecule has 0 bridgehead atoms. The predicted octanol–water partition coefficient (Wildman–Crippen LogP) is 3.89. The van der Waals surface area contributed by atoms with Gasteiger partial charge in [-0.2, -0.15) is 0 Å². The number of methoxy groups -OCH3 is 1. The van der Waals surface area contributed by atoms with Gasteiger partial charge in [0.25, 0.3) is 0 Å².